The molecule has 0 fully saturated rings. The summed E-state index contributed by atoms with van der Waals surface area (Å²) in [5, 5.41) is 12.0. The topological polar surface area (TPSA) is 111 Å². The van der Waals surface area contributed by atoms with Crippen LogP contribution in [0.5, 0.6) is 0 Å². The highest BCUT2D eigenvalue weighted by Gasteiger charge is 2.25. The minimum Gasteiger partial charge on any atom is -0.411 e. The Balaban J connectivity index is 1.42. The van der Waals surface area contributed by atoms with E-state index in [0.717, 1.165) is 47.9 Å². The maximum absolute atomic E-state index is 12.4. The number of amides is 2. The molecule has 10 heteroatoms. The molecule has 0 spiro atoms. The third-order valence-corrected chi connectivity index (χ3v) is 6.86. The zero-order valence-electron chi connectivity index (χ0n) is 15.2. The minimum absolute atomic E-state index is 0.0604. The lowest BCUT2D eigenvalue weighted by Crippen LogP contribution is -2.19. The molecule has 0 bridgehead atoms. The number of primary amides is 1. The molecule has 0 radical (unpaired) electrons. The van der Waals surface area contributed by atoms with E-state index in [1.165, 1.54) is 11.3 Å². The van der Waals surface area contributed by atoms with Gasteiger partial charge in [0.1, 0.15) is 5.00 Å². The van der Waals surface area contributed by atoms with Gasteiger partial charge in [-0.05, 0) is 43.4 Å². The molecule has 0 unspecified atom stereocenters. The van der Waals surface area contributed by atoms with Crippen LogP contribution in [-0.2, 0) is 17.6 Å². The Morgan fingerprint density at radius 3 is 2.83 bits per heavy atom. The van der Waals surface area contributed by atoms with E-state index in [1.807, 2.05) is 12.1 Å². The van der Waals surface area contributed by atoms with Gasteiger partial charge in [0.05, 0.1) is 21.9 Å². The van der Waals surface area contributed by atoms with Crippen molar-refractivity contribution in [1.29, 1.82) is 0 Å². The van der Waals surface area contributed by atoms with Gasteiger partial charge >= 0.3 is 0 Å². The Hall–Kier alpha value is -2.36. The molecule has 2 amide bonds. The molecule has 7 nitrogen and oxygen atoms in total. The Bertz CT molecular complexity index is 1080. The molecule has 0 saturated carbocycles. The fourth-order valence-corrected chi connectivity index (χ4v) is 5.31. The van der Waals surface area contributed by atoms with Crippen molar-refractivity contribution in [2.75, 3.05) is 11.1 Å². The number of nitrogens with zero attached hydrogens (tertiary/aromatic N) is 2. The van der Waals surface area contributed by atoms with Gasteiger partial charge in [-0.25, -0.2) is 0 Å². The van der Waals surface area contributed by atoms with Crippen molar-refractivity contribution in [3.05, 3.63) is 45.3 Å². The number of hydrogen-bond acceptors (Lipinski definition) is 7. The van der Waals surface area contributed by atoms with Crippen molar-refractivity contribution in [2.24, 2.45) is 5.73 Å². The monoisotopic (exact) mass is 448 g/mol. The maximum Gasteiger partial charge on any atom is 0.277 e. The van der Waals surface area contributed by atoms with Gasteiger partial charge in [-0.3, -0.25) is 9.59 Å². The third-order valence-electron chi connectivity index (χ3n) is 4.51. The molecule has 3 aromatic rings. The highest BCUT2D eigenvalue weighted by Crippen LogP contribution is 2.38. The number of rotatable bonds is 6. The predicted molar refractivity (Wildman–Crippen MR) is 114 cm³/mol. The molecule has 2 aromatic heterocycles. The number of carbonyl (C=O) groups is 2. The molecular weight excluding hydrogens is 432 g/mol. The molecule has 29 heavy (non-hydrogen) atoms. The number of halogens is 1. The van der Waals surface area contributed by atoms with Gasteiger partial charge in [0.2, 0.25) is 11.8 Å². The second-order valence-corrected chi connectivity index (χ2v) is 8.91. The third kappa shape index (κ3) is 4.31. The van der Waals surface area contributed by atoms with E-state index in [4.69, 9.17) is 21.8 Å². The van der Waals surface area contributed by atoms with Crippen molar-refractivity contribution in [2.45, 2.75) is 30.9 Å². The summed E-state index contributed by atoms with van der Waals surface area (Å²) in [4.78, 5) is 25.5. The number of thiophene rings is 1. The molecule has 1 aliphatic rings. The van der Waals surface area contributed by atoms with E-state index in [-0.39, 0.29) is 16.9 Å². The minimum atomic E-state index is -0.506. The second-order valence-electron chi connectivity index (χ2n) is 6.47. The average Bonchev–Trinajstić information content (AvgIpc) is 3.30. The Labute approximate surface area is 180 Å². The smallest absolute Gasteiger partial charge is 0.277 e. The summed E-state index contributed by atoms with van der Waals surface area (Å²) in [6.45, 7) is 0. The van der Waals surface area contributed by atoms with Crippen LogP contribution in [0.25, 0.3) is 11.5 Å². The first-order chi connectivity index (χ1) is 14.0. The summed E-state index contributed by atoms with van der Waals surface area (Å²) in [6, 6.07) is 7.15. The highest BCUT2D eigenvalue weighted by molar-refractivity contribution is 7.99. The molecule has 3 N–H and O–H groups in total. The summed E-state index contributed by atoms with van der Waals surface area (Å²) in [6.07, 6.45) is 3.84. The quantitative estimate of drug-likeness (QED) is 0.547. The number of fused-ring (bicyclic) bond motifs is 1. The standard InChI is InChI=1S/C19H17ClN4O3S2/c20-12-7-3-1-5-10(12)17-23-24-19(27-17)28-9-14(25)22-18-15(16(21)26)11-6-2-4-8-13(11)29-18/h1,3,5,7H,2,4,6,8-9H2,(H2,21,26)(H,22,25). The zero-order chi connectivity index (χ0) is 20.4. The molecule has 1 aliphatic carbocycles. The number of aromatic nitrogens is 2. The van der Waals surface area contributed by atoms with Crippen LogP contribution >= 0.6 is 34.7 Å². The lowest BCUT2D eigenvalue weighted by atomic mass is 9.95. The van der Waals surface area contributed by atoms with Crippen LogP contribution < -0.4 is 11.1 Å². The number of anilines is 1. The first kappa shape index (κ1) is 19.9. The fraction of sp³-hybridized carbons (Fsp3) is 0.263. The van der Waals surface area contributed by atoms with E-state index < -0.39 is 5.91 Å². The number of nitrogens with two attached hydrogens (primary N) is 1. The second kappa shape index (κ2) is 8.56. The van der Waals surface area contributed by atoms with Crippen LogP contribution in [-0.4, -0.2) is 27.8 Å². The molecule has 150 valence electrons. The number of thioether (sulfide) groups is 1. The summed E-state index contributed by atoms with van der Waals surface area (Å²) in [5.74, 6) is -0.423. The predicted octanol–water partition coefficient (Wildman–Crippen LogP) is 4.16. The van der Waals surface area contributed by atoms with Crippen LogP contribution in [0.3, 0.4) is 0 Å². The molecule has 2 heterocycles. The molecule has 0 aliphatic heterocycles. The van der Waals surface area contributed by atoms with Gasteiger partial charge in [-0.15, -0.1) is 21.5 Å². The molecule has 4 rings (SSSR count). The summed E-state index contributed by atoms with van der Waals surface area (Å²) < 4.78 is 5.58. The van der Waals surface area contributed by atoms with Gasteiger partial charge in [-0.1, -0.05) is 35.5 Å². The van der Waals surface area contributed by atoms with E-state index in [0.29, 0.717) is 27.0 Å². The largest absolute Gasteiger partial charge is 0.411 e. The van der Waals surface area contributed by atoms with E-state index in [1.54, 1.807) is 12.1 Å². The van der Waals surface area contributed by atoms with Crippen LogP contribution in [0.1, 0.15) is 33.6 Å². The van der Waals surface area contributed by atoms with Gasteiger partial charge < -0.3 is 15.5 Å². The SMILES string of the molecule is NC(=O)c1c(NC(=O)CSc2nnc(-c3ccccc3Cl)o2)sc2c1CCCC2. The van der Waals surface area contributed by atoms with Crippen molar-refractivity contribution in [3.8, 4) is 11.5 Å². The molecule has 1 aromatic carbocycles. The molecular formula is C19H17ClN4O3S2. The summed E-state index contributed by atoms with van der Waals surface area (Å²) in [7, 11) is 0. The van der Waals surface area contributed by atoms with Crippen LogP contribution in [0, 0.1) is 0 Å². The number of hydrogen-bond donors (Lipinski definition) is 2. The lowest BCUT2D eigenvalue weighted by Gasteiger charge is -2.11. The maximum atomic E-state index is 12.4. The van der Waals surface area contributed by atoms with Crippen LogP contribution in [0.2, 0.25) is 5.02 Å². The van der Waals surface area contributed by atoms with E-state index in [9.17, 15) is 9.59 Å². The van der Waals surface area contributed by atoms with E-state index >= 15 is 0 Å². The number of carbonyl (C=O) groups excluding carboxylic acids is 2. The Morgan fingerprint density at radius 2 is 2.03 bits per heavy atom. The van der Waals surface area contributed by atoms with Crippen molar-refractivity contribution in [1.82, 2.24) is 10.2 Å². The first-order valence-corrected chi connectivity index (χ1v) is 11.2. The van der Waals surface area contributed by atoms with Crippen LogP contribution in [0.4, 0.5) is 5.00 Å². The average molecular weight is 449 g/mol. The van der Waals surface area contributed by atoms with Gasteiger partial charge in [0.15, 0.2) is 0 Å². The van der Waals surface area contributed by atoms with Gasteiger partial charge in [-0.2, -0.15) is 0 Å². The normalized spacial score (nSPS) is 13.1. The Kier molecular flexibility index (Phi) is 5.89. The first-order valence-electron chi connectivity index (χ1n) is 8.98. The molecule has 0 atom stereocenters. The zero-order valence-corrected chi connectivity index (χ0v) is 17.6. The highest BCUT2D eigenvalue weighted by atomic mass is 35.5. The Morgan fingerprint density at radius 1 is 1.24 bits per heavy atom. The molecule has 0 saturated heterocycles. The van der Waals surface area contributed by atoms with E-state index in [2.05, 4.69) is 15.5 Å². The van der Waals surface area contributed by atoms with Gasteiger partial charge in [0.25, 0.3) is 11.1 Å². The lowest BCUT2D eigenvalue weighted by molar-refractivity contribution is -0.113. The number of aryl methyl sites for hydroxylation is 1. The fourth-order valence-electron chi connectivity index (χ4n) is 3.22. The van der Waals surface area contributed by atoms with Crippen molar-refractivity contribution < 1.29 is 14.0 Å². The number of nitrogens with one attached hydrogen (secondary N) is 1. The van der Waals surface area contributed by atoms with Gasteiger partial charge in [0, 0.05) is 4.88 Å². The van der Waals surface area contributed by atoms with Crippen molar-refractivity contribution in [3.63, 3.8) is 0 Å². The summed E-state index contributed by atoms with van der Waals surface area (Å²) in [5.41, 5.74) is 7.62. The van der Waals surface area contributed by atoms with Crippen LogP contribution in [0.15, 0.2) is 33.9 Å². The number of benzene rings is 1. The summed E-state index contributed by atoms with van der Waals surface area (Å²) >= 11 is 8.68. The van der Waals surface area contributed by atoms with Crippen molar-refractivity contribution >= 4 is 51.5 Å².